The molecular formula is C52H29N3OS. The van der Waals surface area contributed by atoms with Crippen molar-refractivity contribution in [3.63, 3.8) is 0 Å². The molecular weight excluding hydrogens is 715 g/mol. The van der Waals surface area contributed by atoms with E-state index in [-0.39, 0.29) is 0 Å². The average molecular weight is 744 g/mol. The van der Waals surface area contributed by atoms with Gasteiger partial charge in [0.1, 0.15) is 16.8 Å². The second-order valence-electron chi connectivity index (χ2n) is 14.9. The summed E-state index contributed by atoms with van der Waals surface area (Å²) >= 11 is 1.89. The first-order valence-electron chi connectivity index (χ1n) is 19.2. The maximum atomic E-state index is 6.48. The van der Waals surface area contributed by atoms with E-state index in [2.05, 4.69) is 156 Å². The van der Waals surface area contributed by atoms with E-state index in [9.17, 15) is 0 Å². The van der Waals surface area contributed by atoms with Crippen LogP contribution in [0.4, 0.5) is 0 Å². The molecule has 5 heteroatoms. The molecule has 0 atom stereocenters. The Kier molecular flexibility index (Phi) is 6.29. The number of fused-ring (bicyclic) bond motifs is 4. The van der Waals surface area contributed by atoms with E-state index in [0.29, 0.717) is 11.4 Å². The minimum Gasteiger partial charge on any atom is -0.452 e. The van der Waals surface area contributed by atoms with Gasteiger partial charge in [-0.1, -0.05) is 115 Å². The van der Waals surface area contributed by atoms with E-state index in [1.54, 1.807) is 0 Å². The molecule has 13 aromatic rings. The van der Waals surface area contributed by atoms with E-state index in [1.165, 1.54) is 52.8 Å². The van der Waals surface area contributed by atoms with Gasteiger partial charge < -0.3 is 8.98 Å². The number of aromatic nitrogens is 3. The maximum absolute atomic E-state index is 6.48. The third-order valence-corrected chi connectivity index (χ3v) is 12.8. The van der Waals surface area contributed by atoms with E-state index >= 15 is 0 Å². The Hall–Kier alpha value is -7.34. The molecule has 0 aliphatic heterocycles. The zero-order chi connectivity index (χ0) is 37.2. The summed E-state index contributed by atoms with van der Waals surface area (Å²) in [6, 6.07) is 63.1. The predicted octanol–water partition coefficient (Wildman–Crippen LogP) is 14.6. The highest BCUT2D eigenvalue weighted by atomic mass is 32.1. The fourth-order valence-electron chi connectivity index (χ4n) is 9.15. The van der Waals surface area contributed by atoms with Crippen LogP contribution >= 0.6 is 11.3 Å². The van der Waals surface area contributed by atoms with Crippen molar-refractivity contribution in [3.05, 3.63) is 176 Å². The summed E-state index contributed by atoms with van der Waals surface area (Å²) in [4.78, 5) is 10.4. The second kappa shape index (κ2) is 11.6. The summed E-state index contributed by atoms with van der Waals surface area (Å²) in [5, 5.41) is 11.2. The fraction of sp³-hybridized carbons (Fsp3) is 0. The molecule has 0 saturated carbocycles. The van der Waals surface area contributed by atoms with Crippen LogP contribution in [-0.4, -0.2) is 14.5 Å². The largest absolute Gasteiger partial charge is 0.452 e. The second-order valence-corrected chi connectivity index (χ2v) is 16.0. The zero-order valence-electron chi connectivity index (χ0n) is 30.4. The van der Waals surface area contributed by atoms with E-state index in [0.717, 1.165) is 60.9 Å². The Morgan fingerprint density at radius 1 is 0.439 bits per heavy atom. The van der Waals surface area contributed by atoms with Gasteiger partial charge in [-0.15, -0.1) is 11.3 Å². The van der Waals surface area contributed by atoms with Gasteiger partial charge in [0.15, 0.2) is 11.4 Å². The average Bonchev–Trinajstić information content (AvgIpc) is 3.77. The van der Waals surface area contributed by atoms with Crippen molar-refractivity contribution in [2.24, 2.45) is 0 Å². The Labute approximate surface area is 329 Å². The predicted molar refractivity (Wildman–Crippen MR) is 239 cm³/mol. The molecule has 0 spiro atoms. The third kappa shape index (κ3) is 4.49. The number of hydrogen-bond donors (Lipinski definition) is 0. The zero-order valence-corrected chi connectivity index (χ0v) is 31.2. The van der Waals surface area contributed by atoms with Crippen molar-refractivity contribution in [1.82, 2.24) is 14.5 Å². The molecule has 0 bridgehead atoms. The number of hydrogen-bond acceptors (Lipinski definition) is 4. The first-order chi connectivity index (χ1) is 28.2. The SMILES string of the molecule is c1ccc(-c2cccc(-c3nc(-c4ccc5cc(-n6c7ccc8cccc9sc%10cccc%11ccc6c(c%11%10)c7c89)ccc5c4)nc4c3oc3ccccc34)c2)cc1. The lowest BCUT2D eigenvalue weighted by molar-refractivity contribution is 0.667. The summed E-state index contributed by atoms with van der Waals surface area (Å²) in [6.07, 6.45) is 0. The smallest absolute Gasteiger partial charge is 0.180 e. The Bertz CT molecular complexity index is 3660. The minimum atomic E-state index is 0.667. The normalized spacial score (nSPS) is 12.2. The summed E-state index contributed by atoms with van der Waals surface area (Å²) in [5.74, 6) is 0.667. The lowest BCUT2D eigenvalue weighted by atomic mass is 10.00. The summed E-state index contributed by atoms with van der Waals surface area (Å²) in [6.45, 7) is 0. The monoisotopic (exact) mass is 743 g/mol. The van der Waals surface area contributed by atoms with Crippen LogP contribution in [-0.2, 0) is 0 Å². The van der Waals surface area contributed by atoms with Gasteiger partial charge >= 0.3 is 0 Å². The molecule has 0 fully saturated rings. The molecule has 0 unspecified atom stereocenters. The number of benzene rings is 9. The van der Waals surface area contributed by atoms with Crippen molar-refractivity contribution in [2.45, 2.75) is 0 Å². The van der Waals surface area contributed by atoms with Crippen LogP contribution in [0.1, 0.15) is 0 Å². The van der Waals surface area contributed by atoms with Gasteiger partial charge in [-0.3, -0.25) is 0 Å². The molecule has 0 aliphatic rings. The van der Waals surface area contributed by atoms with Crippen LogP contribution in [0.15, 0.2) is 180 Å². The molecule has 0 saturated heterocycles. The molecule has 0 aliphatic carbocycles. The molecule has 4 nitrogen and oxygen atoms in total. The summed E-state index contributed by atoms with van der Waals surface area (Å²) in [5.41, 5.74) is 10.9. The van der Waals surface area contributed by atoms with E-state index in [1.807, 2.05) is 35.6 Å². The molecule has 13 rings (SSSR count). The number of nitrogens with zero attached hydrogens (tertiary/aromatic N) is 3. The Morgan fingerprint density at radius 3 is 1.88 bits per heavy atom. The number of para-hydroxylation sites is 1. The van der Waals surface area contributed by atoms with Gasteiger partial charge in [-0.25, -0.2) is 9.97 Å². The van der Waals surface area contributed by atoms with Gasteiger partial charge in [-0.2, -0.15) is 0 Å². The van der Waals surface area contributed by atoms with Crippen LogP contribution < -0.4 is 0 Å². The molecule has 9 aromatic carbocycles. The fourth-order valence-corrected chi connectivity index (χ4v) is 10.3. The Morgan fingerprint density at radius 2 is 1.09 bits per heavy atom. The topological polar surface area (TPSA) is 43.9 Å². The van der Waals surface area contributed by atoms with Gasteiger partial charge in [-0.05, 0) is 93.3 Å². The molecule has 57 heavy (non-hydrogen) atoms. The molecule has 4 aromatic heterocycles. The van der Waals surface area contributed by atoms with E-state index in [4.69, 9.17) is 14.4 Å². The highest BCUT2D eigenvalue weighted by Gasteiger charge is 2.22. The number of rotatable bonds is 4. The highest BCUT2D eigenvalue weighted by molar-refractivity contribution is 7.24. The lowest BCUT2D eigenvalue weighted by Gasteiger charge is -2.12. The molecule has 0 radical (unpaired) electrons. The summed E-state index contributed by atoms with van der Waals surface area (Å²) in [7, 11) is 0. The van der Waals surface area contributed by atoms with Crippen LogP contribution in [0.5, 0.6) is 0 Å². The van der Waals surface area contributed by atoms with Gasteiger partial charge in [0.2, 0.25) is 0 Å². The van der Waals surface area contributed by atoms with Crippen molar-refractivity contribution >= 4 is 96.9 Å². The highest BCUT2D eigenvalue weighted by Crippen LogP contribution is 2.46. The number of furan rings is 1. The van der Waals surface area contributed by atoms with Crippen LogP contribution in [0.25, 0.3) is 125 Å². The van der Waals surface area contributed by atoms with Crippen LogP contribution in [0.3, 0.4) is 0 Å². The van der Waals surface area contributed by atoms with Crippen molar-refractivity contribution in [3.8, 4) is 39.5 Å². The quantitative estimate of drug-likeness (QED) is 0.180. The maximum Gasteiger partial charge on any atom is 0.180 e. The van der Waals surface area contributed by atoms with Crippen LogP contribution in [0, 0.1) is 0 Å². The van der Waals surface area contributed by atoms with E-state index < -0.39 is 0 Å². The minimum absolute atomic E-state index is 0.667. The van der Waals surface area contributed by atoms with Crippen molar-refractivity contribution < 1.29 is 4.42 Å². The molecule has 4 heterocycles. The summed E-state index contributed by atoms with van der Waals surface area (Å²) < 4.78 is 11.6. The lowest BCUT2D eigenvalue weighted by Crippen LogP contribution is -1.95. The molecule has 264 valence electrons. The Balaban J connectivity index is 0.994. The molecule has 0 N–H and O–H groups in total. The van der Waals surface area contributed by atoms with Gasteiger partial charge in [0.05, 0.1) is 11.0 Å². The first-order valence-corrected chi connectivity index (χ1v) is 20.0. The third-order valence-electron chi connectivity index (χ3n) is 11.7. The van der Waals surface area contributed by atoms with Crippen molar-refractivity contribution in [2.75, 3.05) is 0 Å². The van der Waals surface area contributed by atoms with Crippen molar-refractivity contribution in [1.29, 1.82) is 0 Å². The standard InChI is InChI=1S/C52H29N3OS/c1-2-9-30(10-3-1)33-13-6-14-36(27-33)49-51-50(39-15-4-5-16-42(39)56-51)54-52(53-49)37-20-19-35-29-38(24-21-34(35)28-37)55-40-25-22-31-11-7-17-43-45(31)47(40)48-41(55)26-23-32-12-8-18-44(57-43)46(32)48/h1-29H. The van der Waals surface area contributed by atoms with Crippen LogP contribution in [0.2, 0.25) is 0 Å². The molecule has 0 amide bonds. The van der Waals surface area contributed by atoms with Gasteiger partial charge in [0.25, 0.3) is 0 Å². The first kappa shape index (κ1) is 30.9. The van der Waals surface area contributed by atoms with Gasteiger partial charge in [0, 0.05) is 53.1 Å².